The fourth-order valence-electron chi connectivity index (χ4n) is 4.77. The number of carbonyl (C=O) groups is 2. The lowest BCUT2D eigenvalue weighted by Gasteiger charge is -2.27. The van der Waals surface area contributed by atoms with Crippen LogP contribution in [0.1, 0.15) is 43.3 Å². The fourth-order valence-corrected chi connectivity index (χ4v) is 4.77. The van der Waals surface area contributed by atoms with Gasteiger partial charge in [-0.3, -0.25) is 14.0 Å². The Labute approximate surface area is 205 Å². The quantitative estimate of drug-likeness (QED) is 0.287. The Morgan fingerprint density at radius 2 is 1.83 bits per heavy atom. The van der Waals surface area contributed by atoms with Gasteiger partial charge in [-0.15, -0.1) is 0 Å². The van der Waals surface area contributed by atoms with Crippen LogP contribution in [0.25, 0.3) is 11.4 Å². The largest absolute Gasteiger partial charge is 0.505 e. The molecule has 8 heteroatoms. The molecule has 1 aromatic carbocycles. The number of carbonyl (C=O) groups excluding carboxylic acids is 2. The summed E-state index contributed by atoms with van der Waals surface area (Å²) in [7, 11) is 1.59. The topological polar surface area (TPSA) is 87.4 Å². The number of ether oxygens (including phenoxy) is 1. The summed E-state index contributed by atoms with van der Waals surface area (Å²) in [5.41, 5.74) is 2.47. The molecule has 1 atom stereocenters. The van der Waals surface area contributed by atoms with Gasteiger partial charge in [0.15, 0.2) is 5.76 Å². The Morgan fingerprint density at radius 1 is 1.11 bits per heavy atom. The highest BCUT2D eigenvalue weighted by atomic mass is 16.5. The van der Waals surface area contributed by atoms with Crippen LogP contribution in [0, 0.1) is 6.92 Å². The van der Waals surface area contributed by atoms with Gasteiger partial charge in [-0.05, 0) is 62.8 Å². The van der Waals surface area contributed by atoms with E-state index in [1.807, 2.05) is 30.3 Å². The van der Waals surface area contributed by atoms with E-state index in [4.69, 9.17) is 4.74 Å². The third kappa shape index (κ3) is 4.53. The third-order valence-corrected chi connectivity index (χ3v) is 6.67. The number of aliphatic hydroxyl groups excluding tert-OH is 1. The Balaban J connectivity index is 1.81. The first-order valence-electron chi connectivity index (χ1n) is 12.0. The van der Waals surface area contributed by atoms with E-state index in [2.05, 4.69) is 23.7 Å². The summed E-state index contributed by atoms with van der Waals surface area (Å²) in [5.74, 6) is -0.827. The molecule has 3 heterocycles. The predicted molar refractivity (Wildman–Crippen MR) is 134 cm³/mol. The van der Waals surface area contributed by atoms with Crippen LogP contribution < -0.4 is 4.74 Å². The summed E-state index contributed by atoms with van der Waals surface area (Å²) in [6.45, 7) is 9.05. The Morgan fingerprint density at radius 3 is 2.49 bits per heavy atom. The summed E-state index contributed by atoms with van der Waals surface area (Å²) in [6, 6.07) is 12.1. The van der Waals surface area contributed by atoms with Crippen LogP contribution in [0.4, 0.5) is 0 Å². The first-order valence-corrected chi connectivity index (χ1v) is 12.0. The zero-order valence-electron chi connectivity index (χ0n) is 20.7. The van der Waals surface area contributed by atoms with Crippen LogP contribution in [-0.2, 0) is 9.59 Å². The van der Waals surface area contributed by atoms with Gasteiger partial charge in [0.25, 0.3) is 11.7 Å². The molecule has 2 aromatic heterocycles. The molecule has 4 rings (SSSR count). The average Bonchev–Trinajstić information content (AvgIpc) is 3.34. The van der Waals surface area contributed by atoms with E-state index in [1.54, 1.807) is 41.7 Å². The van der Waals surface area contributed by atoms with Gasteiger partial charge in [-0.1, -0.05) is 32.0 Å². The molecule has 35 heavy (non-hydrogen) atoms. The van der Waals surface area contributed by atoms with E-state index in [0.29, 0.717) is 29.3 Å². The van der Waals surface area contributed by atoms with Crippen molar-refractivity contribution >= 4 is 23.1 Å². The molecule has 1 aliphatic heterocycles. The molecule has 0 unspecified atom stereocenters. The van der Waals surface area contributed by atoms with Gasteiger partial charge in [0, 0.05) is 12.7 Å². The van der Waals surface area contributed by atoms with E-state index >= 15 is 0 Å². The van der Waals surface area contributed by atoms with Crippen molar-refractivity contribution in [2.75, 3.05) is 33.3 Å². The van der Waals surface area contributed by atoms with Crippen LogP contribution >= 0.6 is 0 Å². The number of aliphatic hydroxyl groups is 1. The first-order chi connectivity index (χ1) is 16.9. The van der Waals surface area contributed by atoms with Crippen molar-refractivity contribution in [2.24, 2.45) is 0 Å². The molecule has 184 valence electrons. The van der Waals surface area contributed by atoms with Gasteiger partial charge in [-0.2, -0.15) is 0 Å². The van der Waals surface area contributed by atoms with Gasteiger partial charge >= 0.3 is 0 Å². The van der Waals surface area contributed by atoms with Crippen molar-refractivity contribution in [1.82, 2.24) is 19.2 Å². The molecular formula is C27H32N4O4. The molecule has 8 nitrogen and oxygen atoms in total. The van der Waals surface area contributed by atoms with Crippen LogP contribution in [0.3, 0.4) is 0 Å². The summed E-state index contributed by atoms with van der Waals surface area (Å²) < 4.78 is 7.03. The lowest BCUT2D eigenvalue weighted by molar-refractivity contribution is -0.140. The maximum absolute atomic E-state index is 13.3. The van der Waals surface area contributed by atoms with Gasteiger partial charge in [0.2, 0.25) is 0 Å². The zero-order valence-corrected chi connectivity index (χ0v) is 20.7. The summed E-state index contributed by atoms with van der Waals surface area (Å²) in [4.78, 5) is 34.9. The van der Waals surface area contributed by atoms with E-state index in [9.17, 15) is 14.7 Å². The van der Waals surface area contributed by atoms with Crippen molar-refractivity contribution in [2.45, 2.75) is 33.2 Å². The Kier molecular flexibility index (Phi) is 7.21. The molecule has 1 amide bonds. The molecule has 1 aliphatic rings. The summed E-state index contributed by atoms with van der Waals surface area (Å²) in [6.07, 6.45) is 2.50. The fraction of sp³-hybridized carbons (Fsp3) is 0.370. The van der Waals surface area contributed by atoms with Gasteiger partial charge in [-0.25, -0.2) is 4.98 Å². The number of imidazole rings is 1. The maximum Gasteiger partial charge on any atom is 0.295 e. The second-order valence-electron chi connectivity index (χ2n) is 8.62. The number of hydrogen-bond acceptors (Lipinski definition) is 6. The second kappa shape index (κ2) is 10.3. The van der Waals surface area contributed by atoms with E-state index in [1.165, 1.54) is 0 Å². The molecule has 1 N–H and O–H groups in total. The standard InChI is InChI=1S/C27H32N4O4/c1-5-29(6-2)15-9-17-31-24(19-11-13-20(35-4)14-12-19)22(26(33)27(31)34)25(32)23-18(3)28-21-10-7-8-16-30(21)23/h7-8,10-14,16,24,32H,5-6,9,15,17H2,1-4H3/t24-/m0/s1. The number of aryl methyl sites for hydroxylation is 1. The lowest BCUT2D eigenvalue weighted by Crippen LogP contribution is -2.33. The van der Waals surface area contributed by atoms with E-state index < -0.39 is 17.7 Å². The average molecular weight is 477 g/mol. The SMILES string of the molecule is CCN(CC)CCCN1C(=O)C(=O)C(=C(O)c2c(C)nc3ccccn23)[C@@H]1c1ccc(OC)cc1. The van der Waals surface area contributed by atoms with E-state index in [0.717, 1.165) is 31.6 Å². The molecule has 1 fully saturated rings. The number of ketones is 1. The van der Waals surface area contributed by atoms with Crippen LogP contribution in [0.5, 0.6) is 5.75 Å². The van der Waals surface area contributed by atoms with Crippen molar-refractivity contribution < 1.29 is 19.4 Å². The molecular weight excluding hydrogens is 444 g/mol. The minimum absolute atomic E-state index is 0.0803. The van der Waals surface area contributed by atoms with Crippen molar-refractivity contribution in [3.8, 4) is 5.75 Å². The smallest absolute Gasteiger partial charge is 0.295 e. The third-order valence-electron chi connectivity index (χ3n) is 6.67. The number of amides is 1. The highest BCUT2D eigenvalue weighted by Crippen LogP contribution is 2.40. The lowest BCUT2D eigenvalue weighted by atomic mass is 9.96. The highest BCUT2D eigenvalue weighted by molar-refractivity contribution is 6.46. The molecule has 0 spiro atoms. The number of Topliss-reactive ketones (excluding diaryl/α,β-unsaturated/α-hetero) is 1. The first kappa shape index (κ1) is 24.5. The normalized spacial score (nSPS) is 17.6. The zero-order chi connectivity index (χ0) is 25.1. The van der Waals surface area contributed by atoms with Crippen LogP contribution in [0.2, 0.25) is 0 Å². The maximum atomic E-state index is 13.3. The summed E-state index contributed by atoms with van der Waals surface area (Å²) >= 11 is 0. The number of pyridine rings is 1. The molecule has 0 aliphatic carbocycles. The molecule has 3 aromatic rings. The molecule has 0 radical (unpaired) electrons. The van der Waals surface area contributed by atoms with Gasteiger partial charge in [0.05, 0.1) is 24.4 Å². The number of methoxy groups -OCH3 is 1. The predicted octanol–water partition coefficient (Wildman–Crippen LogP) is 3.80. The van der Waals surface area contributed by atoms with Crippen LogP contribution in [-0.4, -0.2) is 69.3 Å². The number of nitrogens with zero attached hydrogens (tertiary/aromatic N) is 4. The number of benzene rings is 1. The number of likely N-dealkylation sites (tertiary alicyclic amines) is 1. The molecule has 1 saturated heterocycles. The highest BCUT2D eigenvalue weighted by Gasteiger charge is 2.46. The summed E-state index contributed by atoms with van der Waals surface area (Å²) in [5, 5.41) is 11.5. The molecule has 0 bridgehead atoms. The van der Waals surface area contributed by atoms with Gasteiger partial charge in [0.1, 0.15) is 17.1 Å². The van der Waals surface area contributed by atoms with Crippen molar-refractivity contribution in [3.63, 3.8) is 0 Å². The monoisotopic (exact) mass is 476 g/mol. The van der Waals surface area contributed by atoms with Crippen LogP contribution in [0.15, 0.2) is 54.2 Å². The minimum atomic E-state index is -0.703. The molecule has 0 saturated carbocycles. The second-order valence-corrected chi connectivity index (χ2v) is 8.62. The number of rotatable bonds is 9. The van der Waals surface area contributed by atoms with E-state index in [-0.39, 0.29) is 11.3 Å². The number of hydrogen-bond donors (Lipinski definition) is 1. The van der Waals surface area contributed by atoms with Crippen molar-refractivity contribution in [1.29, 1.82) is 0 Å². The minimum Gasteiger partial charge on any atom is -0.505 e. The van der Waals surface area contributed by atoms with Crippen molar-refractivity contribution in [3.05, 3.63) is 71.2 Å². The van der Waals surface area contributed by atoms with Gasteiger partial charge < -0.3 is 19.6 Å². The number of fused-ring (bicyclic) bond motifs is 1. The Hall–Kier alpha value is -3.65. The Bertz CT molecular complexity index is 1260. The number of aromatic nitrogens is 2.